The van der Waals surface area contributed by atoms with Crippen LogP contribution in [0.4, 0.5) is 4.39 Å². The van der Waals surface area contributed by atoms with Gasteiger partial charge in [-0.1, -0.05) is 31.2 Å². The monoisotopic (exact) mass is 370 g/mol. The largest absolute Gasteiger partial charge is 0.379 e. The summed E-state index contributed by atoms with van der Waals surface area (Å²) in [5, 5.41) is 1.24. The number of hydrogen-bond acceptors (Lipinski definition) is 4. The molecular weight excluding hydrogens is 347 g/mol. The number of benzene rings is 1. The first kappa shape index (κ1) is 17.6. The van der Waals surface area contributed by atoms with Gasteiger partial charge in [-0.25, -0.2) is 4.98 Å². The van der Waals surface area contributed by atoms with E-state index in [0.717, 1.165) is 26.1 Å². The van der Waals surface area contributed by atoms with Crippen molar-refractivity contribution in [3.05, 3.63) is 64.5 Å². The van der Waals surface area contributed by atoms with E-state index in [1.807, 2.05) is 23.5 Å². The van der Waals surface area contributed by atoms with Gasteiger partial charge in [-0.3, -0.25) is 4.90 Å². The van der Waals surface area contributed by atoms with Crippen LogP contribution in [0.1, 0.15) is 28.8 Å². The van der Waals surface area contributed by atoms with Crippen molar-refractivity contribution < 1.29 is 9.13 Å². The molecule has 1 unspecified atom stereocenters. The number of pyridine rings is 1. The number of methoxy groups -OCH3 is 1. The highest BCUT2D eigenvalue weighted by Crippen LogP contribution is 2.39. The Bertz CT molecular complexity index is 904. The summed E-state index contributed by atoms with van der Waals surface area (Å²) in [6, 6.07) is 12.1. The molecule has 1 aromatic carbocycles. The average Bonchev–Trinajstić information content (AvgIpc) is 2.99. The third kappa shape index (κ3) is 3.27. The van der Waals surface area contributed by atoms with E-state index >= 15 is 0 Å². The lowest BCUT2D eigenvalue weighted by atomic mass is 9.91. The Balaban J connectivity index is 1.65. The Kier molecular flexibility index (Phi) is 5.02. The molecule has 3 nitrogen and oxygen atoms in total. The van der Waals surface area contributed by atoms with Crippen molar-refractivity contribution in [2.45, 2.75) is 25.4 Å². The number of nitrogens with zero attached hydrogens (tertiary/aromatic N) is 2. The fraction of sp³-hybridized carbons (Fsp3) is 0.381. The molecule has 136 valence electrons. The van der Waals surface area contributed by atoms with E-state index in [9.17, 15) is 4.39 Å². The van der Waals surface area contributed by atoms with Gasteiger partial charge in [0.15, 0.2) is 0 Å². The van der Waals surface area contributed by atoms with Gasteiger partial charge < -0.3 is 4.74 Å². The van der Waals surface area contributed by atoms with Crippen molar-refractivity contribution in [2.24, 2.45) is 0 Å². The van der Waals surface area contributed by atoms with E-state index in [2.05, 4.69) is 41.1 Å². The van der Waals surface area contributed by atoms with Gasteiger partial charge in [0, 0.05) is 54.0 Å². The molecule has 3 aromatic rings. The summed E-state index contributed by atoms with van der Waals surface area (Å²) < 4.78 is 20.9. The summed E-state index contributed by atoms with van der Waals surface area (Å²) >= 11 is 1.84. The molecule has 3 heterocycles. The molecule has 5 heteroatoms. The fourth-order valence-electron chi connectivity index (χ4n) is 3.77. The van der Waals surface area contributed by atoms with Gasteiger partial charge in [0.2, 0.25) is 5.95 Å². The Morgan fingerprint density at radius 3 is 2.85 bits per heavy atom. The SMILES string of the molecule is COC1CN(CCc2sc3ccccc3c2C(C)c2cccnc2F)C1. The summed E-state index contributed by atoms with van der Waals surface area (Å²) in [6.07, 6.45) is 2.87. The van der Waals surface area contributed by atoms with Crippen molar-refractivity contribution in [3.8, 4) is 0 Å². The molecular formula is C21H23FN2OS. The number of likely N-dealkylation sites (tertiary alicyclic amines) is 1. The lowest BCUT2D eigenvalue weighted by Gasteiger charge is -2.38. The van der Waals surface area contributed by atoms with Gasteiger partial charge >= 0.3 is 0 Å². The van der Waals surface area contributed by atoms with Gasteiger partial charge in [0.05, 0.1) is 6.10 Å². The molecule has 1 fully saturated rings. The van der Waals surface area contributed by atoms with E-state index in [1.165, 1.54) is 26.7 Å². The second kappa shape index (κ2) is 7.43. The zero-order valence-electron chi connectivity index (χ0n) is 15.1. The van der Waals surface area contributed by atoms with Gasteiger partial charge in [0.25, 0.3) is 0 Å². The highest BCUT2D eigenvalue weighted by Gasteiger charge is 2.27. The van der Waals surface area contributed by atoms with Gasteiger partial charge in [0.1, 0.15) is 0 Å². The highest BCUT2D eigenvalue weighted by molar-refractivity contribution is 7.19. The molecule has 1 aliphatic rings. The average molecular weight is 370 g/mol. The van der Waals surface area contributed by atoms with Crippen molar-refractivity contribution in [3.63, 3.8) is 0 Å². The van der Waals surface area contributed by atoms with Crippen LogP contribution in [0.25, 0.3) is 10.1 Å². The normalized spacial score (nSPS) is 16.7. The van der Waals surface area contributed by atoms with Gasteiger partial charge in [-0.2, -0.15) is 4.39 Å². The summed E-state index contributed by atoms with van der Waals surface area (Å²) in [5.41, 5.74) is 1.92. The fourth-order valence-corrected chi connectivity index (χ4v) is 5.06. The maximum absolute atomic E-state index is 14.3. The first-order chi connectivity index (χ1) is 12.7. The van der Waals surface area contributed by atoms with E-state index < -0.39 is 0 Å². The summed E-state index contributed by atoms with van der Waals surface area (Å²) in [7, 11) is 1.77. The van der Waals surface area contributed by atoms with Crippen LogP contribution >= 0.6 is 11.3 Å². The second-order valence-corrected chi connectivity index (χ2v) is 8.04. The van der Waals surface area contributed by atoms with Crippen LogP contribution in [0.3, 0.4) is 0 Å². The third-order valence-corrected chi connectivity index (χ3v) is 6.56. The van der Waals surface area contributed by atoms with Crippen LogP contribution in [0.5, 0.6) is 0 Å². The van der Waals surface area contributed by atoms with Crippen LogP contribution < -0.4 is 0 Å². The first-order valence-electron chi connectivity index (χ1n) is 9.03. The van der Waals surface area contributed by atoms with Crippen molar-refractivity contribution in [1.82, 2.24) is 9.88 Å². The first-order valence-corrected chi connectivity index (χ1v) is 9.85. The minimum absolute atomic E-state index is 0.0158. The van der Waals surface area contributed by atoms with Gasteiger partial charge in [-0.15, -0.1) is 11.3 Å². The molecule has 0 spiro atoms. The summed E-state index contributed by atoms with van der Waals surface area (Å²) in [5.74, 6) is -0.384. The number of hydrogen-bond donors (Lipinski definition) is 0. The van der Waals surface area contributed by atoms with Crippen molar-refractivity contribution >= 4 is 21.4 Å². The lowest BCUT2D eigenvalue weighted by Crippen LogP contribution is -2.52. The number of halogens is 1. The number of fused-ring (bicyclic) bond motifs is 1. The molecule has 0 bridgehead atoms. The number of thiophene rings is 1. The van der Waals surface area contributed by atoms with Crippen molar-refractivity contribution in [1.29, 1.82) is 0 Å². The molecule has 1 saturated heterocycles. The van der Waals surface area contributed by atoms with Crippen molar-refractivity contribution in [2.75, 3.05) is 26.7 Å². The van der Waals surface area contributed by atoms with E-state index in [4.69, 9.17) is 4.74 Å². The Morgan fingerprint density at radius 1 is 1.27 bits per heavy atom. The van der Waals surface area contributed by atoms with Gasteiger partial charge in [-0.05, 0) is 29.5 Å². The summed E-state index contributed by atoms with van der Waals surface area (Å²) in [4.78, 5) is 7.61. The predicted molar refractivity (Wildman–Crippen MR) is 104 cm³/mol. The molecule has 0 radical (unpaired) electrons. The Labute approximate surface area is 157 Å². The molecule has 2 aromatic heterocycles. The number of ether oxygens (including phenoxy) is 1. The predicted octanol–water partition coefficient (Wildman–Crippen LogP) is 4.46. The molecule has 4 rings (SSSR count). The molecule has 0 amide bonds. The standard InChI is InChI=1S/C21H23FN2OS/c1-14(16-7-5-10-23-21(16)22)20-17-6-3-4-8-18(17)26-19(20)9-11-24-12-15(13-24)25-2/h3-8,10,14-15H,9,11-13H2,1-2H3. The Morgan fingerprint density at radius 2 is 2.08 bits per heavy atom. The molecule has 1 atom stereocenters. The lowest BCUT2D eigenvalue weighted by molar-refractivity contribution is -0.0284. The smallest absolute Gasteiger partial charge is 0.216 e. The second-order valence-electron chi connectivity index (χ2n) is 6.91. The van der Waals surface area contributed by atoms with Crippen LogP contribution in [0.2, 0.25) is 0 Å². The molecule has 1 aliphatic heterocycles. The number of rotatable bonds is 6. The Hall–Kier alpha value is -1.82. The van der Waals surface area contributed by atoms with E-state index in [0.29, 0.717) is 11.7 Å². The molecule has 0 aliphatic carbocycles. The van der Waals surface area contributed by atoms with Crippen LogP contribution in [-0.4, -0.2) is 42.7 Å². The maximum Gasteiger partial charge on any atom is 0.216 e. The molecule has 26 heavy (non-hydrogen) atoms. The van der Waals surface area contributed by atoms with Crippen LogP contribution in [0.15, 0.2) is 42.6 Å². The zero-order chi connectivity index (χ0) is 18.1. The highest BCUT2D eigenvalue weighted by atomic mass is 32.1. The maximum atomic E-state index is 14.3. The number of aromatic nitrogens is 1. The minimum atomic E-state index is -0.369. The molecule has 0 saturated carbocycles. The molecule has 0 N–H and O–H groups in total. The summed E-state index contributed by atoms with van der Waals surface area (Å²) in [6.45, 7) is 5.11. The zero-order valence-corrected chi connectivity index (χ0v) is 15.9. The minimum Gasteiger partial charge on any atom is -0.379 e. The van der Waals surface area contributed by atoms with Crippen LogP contribution in [-0.2, 0) is 11.2 Å². The quantitative estimate of drug-likeness (QED) is 0.599. The topological polar surface area (TPSA) is 25.4 Å². The third-order valence-electron chi connectivity index (χ3n) is 5.31. The van der Waals surface area contributed by atoms with E-state index in [1.54, 1.807) is 7.11 Å². The van der Waals surface area contributed by atoms with E-state index in [-0.39, 0.29) is 11.9 Å². The van der Waals surface area contributed by atoms with Crippen LogP contribution in [0, 0.1) is 5.95 Å².